The largest absolute Gasteiger partial charge is 0.491 e. The first-order valence-electron chi connectivity index (χ1n) is 6.67. The summed E-state index contributed by atoms with van der Waals surface area (Å²) in [6.07, 6.45) is -0.571. The van der Waals surface area contributed by atoms with Crippen LogP contribution >= 0.6 is 11.6 Å². The van der Waals surface area contributed by atoms with Crippen LogP contribution in [0, 0.1) is 6.92 Å². The van der Waals surface area contributed by atoms with Gasteiger partial charge >= 0.3 is 0 Å². The van der Waals surface area contributed by atoms with Gasteiger partial charge in [0.25, 0.3) is 0 Å². The molecule has 5 heteroatoms. The van der Waals surface area contributed by atoms with Crippen molar-refractivity contribution in [3.63, 3.8) is 0 Å². The monoisotopic (exact) mass is 301 g/mol. The number of hydrogen-bond donors (Lipinski definition) is 2. The fourth-order valence-electron chi connectivity index (χ4n) is 1.57. The van der Waals surface area contributed by atoms with E-state index in [1.165, 1.54) is 0 Å². The van der Waals surface area contributed by atoms with Gasteiger partial charge in [0.15, 0.2) is 0 Å². The van der Waals surface area contributed by atoms with Crippen molar-refractivity contribution in [1.29, 1.82) is 0 Å². The van der Waals surface area contributed by atoms with Crippen molar-refractivity contribution in [3.05, 3.63) is 28.8 Å². The molecule has 0 saturated heterocycles. The minimum absolute atomic E-state index is 0.238. The average Bonchev–Trinajstić information content (AvgIpc) is 2.40. The van der Waals surface area contributed by atoms with Crippen molar-refractivity contribution in [3.8, 4) is 5.75 Å². The van der Waals surface area contributed by atoms with Gasteiger partial charge in [0.2, 0.25) is 0 Å². The van der Waals surface area contributed by atoms with Gasteiger partial charge in [0, 0.05) is 25.2 Å². The number of nitrogens with one attached hydrogen (secondary N) is 1. The summed E-state index contributed by atoms with van der Waals surface area (Å²) in [6.45, 7) is 7.25. The predicted molar refractivity (Wildman–Crippen MR) is 81.6 cm³/mol. The van der Waals surface area contributed by atoms with E-state index >= 15 is 0 Å². The second kappa shape index (κ2) is 7.84. The molecule has 20 heavy (non-hydrogen) atoms. The highest BCUT2D eigenvalue weighted by Crippen LogP contribution is 2.21. The molecule has 0 spiro atoms. The molecule has 0 amide bonds. The number of benzene rings is 1. The summed E-state index contributed by atoms with van der Waals surface area (Å²) in [4.78, 5) is 0. The number of aliphatic hydroxyl groups is 1. The average molecular weight is 302 g/mol. The van der Waals surface area contributed by atoms with E-state index in [4.69, 9.17) is 21.1 Å². The van der Waals surface area contributed by atoms with Crippen LogP contribution < -0.4 is 10.1 Å². The molecule has 0 radical (unpaired) electrons. The van der Waals surface area contributed by atoms with E-state index in [9.17, 15) is 5.11 Å². The molecule has 0 aliphatic heterocycles. The molecule has 0 fully saturated rings. The molecule has 4 nitrogen and oxygen atoms in total. The Balaban J connectivity index is 2.29. The van der Waals surface area contributed by atoms with Gasteiger partial charge in [-0.2, -0.15) is 0 Å². The van der Waals surface area contributed by atoms with E-state index in [0.717, 1.165) is 5.56 Å². The van der Waals surface area contributed by atoms with Crippen LogP contribution in [-0.4, -0.2) is 43.6 Å². The van der Waals surface area contributed by atoms with Gasteiger partial charge < -0.3 is 19.9 Å². The number of rotatable bonds is 8. The number of methoxy groups -OCH3 is 1. The Hall–Kier alpha value is -0.810. The highest BCUT2D eigenvalue weighted by molar-refractivity contribution is 6.31. The highest BCUT2D eigenvalue weighted by Gasteiger charge is 2.16. The van der Waals surface area contributed by atoms with Crippen LogP contribution in [0.25, 0.3) is 0 Å². The molecule has 1 aromatic carbocycles. The third-order valence-corrected chi connectivity index (χ3v) is 3.48. The van der Waals surface area contributed by atoms with Crippen molar-refractivity contribution in [2.45, 2.75) is 32.5 Å². The van der Waals surface area contributed by atoms with Crippen LogP contribution in [-0.2, 0) is 4.74 Å². The van der Waals surface area contributed by atoms with Crippen LogP contribution in [0.2, 0.25) is 5.02 Å². The molecule has 1 aromatic rings. The summed E-state index contributed by atoms with van der Waals surface area (Å²) in [5.41, 5.74) is 0.715. The molecule has 0 aliphatic carbocycles. The Labute approximate surface area is 126 Å². The molecule has 0 aliphatic rings. The zero-order valence-electron chi connectivity index (χ0n) is 12.6. The van der Waals surface area contributed by atoms with Gasteiger partial charge in [-0.15, -0.1) is 0 Å². The van der Waals surface area contributed by atoms with Crippen LogP contribution in [0.3, 0.4) is 0 Å². The predicted octanol–water partition coefficient (Wildman–Crippen LogP) is 2.40. The summed E-state index contributed by atoms with van der Waals surface area (Å²) in [5.74, 6) is 0.711. The molecular formula is C15H24ClNO3. The van der Waals surface area contributed by atoms with Gasteiger partial charge in [-0.25, -0.2) is 0 Å². The number of ether oxygens (including phenoxy) is 2. The van der Waals surface area contributed by atoms with Gasteiger partial charge in [-0.1, -0.05) is 11.6 Å². The molecule has 0 saturated carbocycles. The molecule has 1 atom stereocenters. The fourth-order valence-corrected chi connectivity index (χ4v) is 1.69. The Bertz CT molecular complexity index is 424. The lowest BCUT2D eigenvalue weighted by Crippen LogP contribution is -2.41. The molecular weight excluding hydrogens is 278 g/mol. The Morgan fingerprint density at radius 3 is 2.70 bits per heavy atom. The second-order valence-corrected chi connectivity index (χ2v) is 5.88. The Kier molecular flexibility index (Phi) is 6.76. The smallest absolute Gasteiger partial charge is 0.119 e. The summed E-state index contributed by atoms with van der Waals surface area (Å²) in [7, 11) is 1.67. The number of aryl methyl sites for hydroxylation is 1. The van der Waals surface area contributed by atoms with Crippen molar-refractivity contribution in [1.82, 2.24) is 5.32 Å². The van der Waals surface area contributed by atoms with E-state index in [-0.39, 0.29) is 12.2 Å². The van der Waals surface area contributed by atoms with E-state index in [1.54, 1.807) is 19.2 Å². The first-order chi connectivity index (χ1) is 9.34. The first kappa shape index (κ1) is 17.2. The maximum absolute atomic E-state index is 9.85. The fraction of sp³-hybridized carbons (Fsp3) is 0.600. The van der Waals surface area contributed by atoms with Crippen LogP contribution in [0.4, 0.5) is 0 Å². The molecule has 2 N–H and O–H groups in total. The van der Waals surface area contributed by atoms with Crippen LogP contribution in [0.15, 0.2) is 18.2 Å². The molecule has 0 aromatic heterocycles. The maximum Gasteiger partial charge on any atom is 0.119 e. The van der Waals surface area contributed by atoms with Crippen molar-refractivity contribution in [2.24, 2.45) is 0 Å². The standard InChI is InChI=1S/C15H24ClNO3/c1-11-7-13(5-6-14(11)16)20-9-12(18)8-17-10-15(2,3)19-4/h5-7,12,17-18H,8-10H2,1-4H3. The maximum atomic E-state index is 9.85. The Morgan fingerprint density at radius 1 is 1.40 bits per heavy atom. The van der Waals surface area contributed by atoms with Crippen molar-refractivity contribution in [2.75, 3.05) is 26.8 Å². The summed E-state index contributed by atoms with van der Waals surface area (Å²) in [6, 6.07) is 5.44. The minimum atomic E-state index is -0.571. The number of aliphatic hydroxyl groups excluding tert-OH is 1. The third-order valence-electron chi connectivity index (χ3n) is 3.06. The minimum Gasteiger partial charge on any atom is -0.491 e. The van der Waals surface area contributed by atoms with Crippen LogP contribution in [0.5, 0.6) is 5.75 Å². The Morgan fingerprint density at radius 2 is 2.10 bits per heavy atom. The van der Waals surface area contributed by atoms with Gasteiger partial charge in [-0.05, 0) is 44.5 Å². The molecule has 1 rings (SSSR count). The lowest BCUT2D eigenvalue weighted by atomic mass is 10.1. The van der Waals surface area contributed by atoms with Crippen LogP contribution in [0.1, 0.15) is 19.4 Å². The number of hydrogen-bond acceptors (Lipinski definition) is 4. The summed E-state index contributed by atoms with van der Waals surface area (Å²) in [5, 5.41) is 13.7. The zero-order chi connectivity index (χ0) is 15.2. The number of halogens is 1. The molecule has 1 unspecified atom stereocenters. The summed E-state index contributed by atoms with van der Waals surface area (Å²) >= 11 is 5.94. The van der Waals surface area contributed by atoms with Crippen molar-refractivity contribution >= 4 is 11.6 Å². The molecule has 114 valence electrons. The topological polar surface area (TPSA) is 50.7 Å². The zero-order valence-corrected chi connectivity index (χ0v) is 13.3. The third kappa shape index (κ3) is 6.09. The molecule has 0 heterocycles. The van der Waals surface area contributed by atoms with E-state index < -0.39 is 6.10 Å². The van der Waals surface area contributed by atoms with E-state index in [2.05, 4.69) is 5.32 Å². The first-order valence-corrected chi connectivity index (χ1v) is 7.05. The summed E-state index contributed by atoms with van der Waals surface area (Å²) < 4.78 is 10.8. The SMILES string of the molecule is COC(C)(C)CNCC(O)COc1ccc(Cl)c(C)c1. The van der Waals surface area contributed by atoms with Gasteiger partial charge in [0.05, 0.1) is 5.60 Å². The quantitative estimate of drug-likeness (QED) is 0.774. The van der Waals surface area contributed by atoms with Gasteiger partial charge in [0.1, 0.15) is 18.5 Å². The van der Waals surface area contributed by atoms with Gasteiger partial charge in [-0.3, -0.25) is 0 Å². The second-order valence-electron chi connectivity index (χ2n) is 5.47. The normalized spacial score (nSPS) is 13.3. The van der Waals surface area contributed by atoms with E-state index in [1.807, 2.05) is 26.8 Å². The lowest BCUT2D eigenvalue weighted by molar-refractivity contribution is 0.0191. The molecule has 0 bridgehead atoms. The lowest BCUT2D eigenvalue weighted by Gasteiger charge is -2.24. The highest BCUT2D eigenvalue weighted by atomic mass is 35.5. The van der Waals surface area contributed by atoms with Crippen molar-refractivity contribution < 1.29 is 14.6 Å². The van der Waals surface area contributed by atoms with E-state index in [0.29, 0.717) is 23.9 Å².